The fourth-order valence-corrected chi connectivity index (χ4v) is 3.45. The number of carbonyl (C=O) groups excluding carboxylic acids is 2. The maximum absolute atomic E-state index is 13.0. The lowest BCUT2D eigenvalue weighted by molar-refractivity contribution is -0.128. The van der Waals surface area contributed by atoms with Crippen molar-refractivity contribution in [3.8, 4) is 0 Å². The van der Waals surface area contributed by atoms with Crippen molar-refractivity contribution in [1.29, 1.82) is 0 Å². The molecule has 1 aromatic carbocycles. The summed E-state index contributed by atoms with van der Waals surface area (Å²) >= 11 is 0. The Morgan fingerprint density at radius 2 is 1.81 bits per heavy atom. The number of hydrogen-bond acceptors (Lipinski definition) is 3. The second-order valence-electron chi connectivity index (χ2n) is 7.42. The van der Waals surface area contributed by atoms with Crippen LogP contribution in [-0.4, -0.2) is 32.0 Å². The Labute approximate surface area is 163 Å². The molecule has 1 saturated carbocycles. The van der Waals surface area contributed by atoms with Crippen LogP contribution in [-0.2, 0) is 9.59 Å². The largest absolute Gasteiger partial charge is 0.355 e. The molecule has 0 aliphatic heterocycles. The number of carbonyl (C=O) groups is 2. The molecular formula is C20H32ClN3O2. The molecule has 0 radical (unpaired) electrons. The summed E-state index contributed by atoms with van der Waals surface area (Å²) in [6.45, 7) is 7.04. The minimum Gasteiger partial charge on any atom is -0.355 e. The topological polar surface area (TPSA) is 70.2 Å². The molecule has 1 aliphatic rings. The zero-order chi connectivity index (χ0) is 18.4. The lowest BCUT2D eigenvalue weighted by Gasteiger charge is -2.28. The Bertz CT molecular complexity index is 627. The Hall–Kier alpha value is -1.59. The molecule has 3 N–H and O–H groups in total. The Kier molecular flexibility index (Phi) is 8.57. The summed E-state index contributed by atoms with van der Waals surface area (Å²) in [6.07, 6.45) is 3.71. The molecule has 0 spiro atoms. The minimum atomic E-state index is -0.492. The van der Waals surface area contributed by atoms with E-state index in [1.165, 1.54) is 5.56 Å². The predicted molar refractivity (Wildman–Crippen MR) is 109 cm³/mol. The number of benzene rings is 1. The summed E-state index contributed by atoms with van der Waals surface area (Å²) in [5, 5.41) is 9.08. The number of hydrogen-bond donors (Lipinski definition) is 3. The molecule has 1 unspecified atom stereocenters. The van der Waals surface area contributed by atoms with Gasteiger partial charge in [-0.2, -0.15) is 0 Å². The fourth-order valence-electron chi connectivity index (χ4n) is 3.45. The number of rotatable bonds is 7. The first kappa shape index (κ1) is 22.5. The van der Waals surface area contributed by atoms with Crippen molar-refractivity contribution >= 4 is 29.9 Å². The molecule has 1 fully saturated rings. The number of aryl methyl sites for hydroxylation is 2. The summed E-state index contributed by atoms with van der Waals surface area (Å²) in [5.41, 5.74) is 2.70. The van der Waals surface area contributed by atoms with Gasteiger partial charge in [-0.25, -0.2) is 0 Å². The molecule has 0 saturated heterocycles. The Balaban J connectivity index is 0.00000338. The van der Waals surface area contributed by atoms with Crippen LogP contribution in [0.25, 0.3) is 0 Å². The van der Waals surface area contributed by atoms with Crippen molar-refractivity contribution in [2.45, 2.75) is 46.5 Å². The molecule has 6 heteroatoms. The first-order valence-corrected chi connectivity index (χ1v) is 9.19. The van der Waals surface area contributed by atoms with Gasteiger partial charge in [0.05, 0.1) is 5.41 Å². The molecule has 1 aromatic rings. The van der Waals surface area contributed by atoms with Gasteiger partial charge < -0.3 is 16.0 Å². The van der Waals surface area contributed by atoms with Crippen LogP contribution < -0.4 is 16.0 Å². The van der Waals surface area contributed by atoms with Gasteiger partial charge in [-0.1, -0.05) is 25.8 Å². The average Bonchev–Trinajstić information content (AvgIpc) is 3.06. The smallest absolute Gasteiger partial charge is 0.232 e. The van der Waals surface area contributed by atoms with E-state index >= 15 is 0 Å². The third-order valence-electron chi connectivity index (χ3n) is 5.37. The maximum Gasteiger partial charge on any atom is 0.232 e. The van der Waals surface area contributed by atoms with E-state index in [1.54, 1.807) is 0 Å². The molecule has 26 heavy (non-hydrogen) atoms. The van der Waals surface area contributed by atoms with Crippen LogP contribution >= 0.6 is 12.4 Å². The summed E-state index contributed by atoms with van der Waals surface area (Å²) in [4.78, 5) is 25.2. The molecule has 2 rings (SSSR count). The molecule has 146 valence electrons. The molecular weight excluding hydrogens is 350 g/mol. The van der Waals surface area contributed by atoms with E-state index in [0.29, 0.717) is 13.1 Å². The van der Waals surface area contributed by atoms with Crippen LogP contribution in [0.15, 0.2) is 18.2 Å². The highest BCUT2D eigenvalue weighted by atomic mass is 35.5. The zero-order valence-electron chi connectivity index (χ0n) is 16.3. The molecule has 0 heterocycles. The zero-order valence-corrected chi connectivity index (χ0v) is 17.1. The number of nitrogens with one attached hydrogen (secondary N) is 3. The van der Waals surface area contributed by atoms with E-state index in [0.717, 1.165) is 36.9 Å². The number of anilines is 1. The van der Waals surface area contributed by atoms with Crippen molar-refractivity contribution in [2.24, 2.45) is 11.3 Å². The van der Waals surface area contributed by atoms with Gasteiger partial charge in [-0.3, -0.25) is 9.59 Å². The summed E-state index contributed by atoms with van der Waals surface area (Å²) in [6, 6.07) is 5.97. The van der Waals surface area contributed by atoms with Gasteiger partial charge in [0, 0.05) is 24.7 Å². The van der Waals surface area contributed by atoms with Gasteiger partial charge in [-0.05, 0) is 57.0 Å². The van der Waals surface area contributed by atoms with E-state index in [1.807, 2.05) is 39.1 Å². The molecule has 2 amide bonds. The van der Waals surface area contributed by atoms with E-state index in [-0.39, 0.29) is 30.1 Å². The minimum absolute atomic E-state index is 0. The monoisotopic (exact) mass is 381 g/mol. The van der Waals surface area contributed by atoms with Crippen LogP contribution in [0.4, 0.5) is 5.69 Å². The van der Waals surface area contributed by atoms with Crippen LogP contribution in [0, 0.1) is 25.2 Å². The van der Waals surface area contributed by atoms with E-state index in [2.05, 4.69) is 22.9 Å². The van der Waals surface area contributed by atoms with Crippen LogP contribution in [0.1, 0.15) is 43.7 Å². The van der Waals surface area contributed by atoms with E-state index in [4.69, 9.17) is 0 Å². The van der Waals surface area contributed by atoms with Gasteiger partial charge in [0.15, 0.2) is 0 Å². The van der Waals surface area contributed by atoms with Crippen LogP contribution in [0.5, 0.6) is 0 Å². The van der Waals surface area contributed by atoms with Crippen molar-refractivity contribution < 1.29 is 9.59 Å². The summed E-state index contributed by atoms with van der Waals surface area (Å²) in [7, 11) is 1.83. The van der Waals surface area contributed by atoms with Gasteiger partial charge in [0.1, 0.15) is 0 Å². The highest BCUT2D eigenvalue weighted by molar-refractivity contribution is 5.96. The number of amides is 2. The second kappa shape index (κ2) is 9.93. The lowest BCUT2D eigenvalue weighted by Crippen LogP contribution is -2.46. The lowest BCUT2D eigenvalue weighted by atomic mass is 9.84. The van der Waals surface area contributed by atoms with Gasteiger partial charge in [0.2, 0.25) is 11.8 Å². The Morgan fingerprint density at radius 1 is 1.15 bits per heavy atom. The predicted octanol–water partition coefficient (Wildman–Crippen LogP) is 3.20. The third-order valence-corrected chi connectivity index (χ3v) is 5.37. The molecule has 1 aliphatic carbocycles. The molecule has 0 bridgehead atoms. The van der Waals surface area contributed by atoms with E-state index in [9.17, 15) is 9.59 Å². The standard InChI is InChI=1S/C20H31N3O2.ClH/c1-14-7-8-17(11-15(14)2)23-19(25)20(9-5-6-10-20)13-22-18(24)16(3)12-21-4;/h7-8,11,16,21H,5-6,9-10,12-13H2,1-4H3,(H,22,24)(H,23,25);1H. The van der Waals surface area contributed by atoms with Crippen LogP contribution in [0.2, 0.25) is 0 Å². The van der Waals surface area contributed by atoms with Crippen LogP contribution in [0.3, 0.4) is 0 Å². The first-order valence-electron chi connectivity index (χ1n) is 9.19. The van der Waals surface area contributed by atoms with Crippen molar-refractivity contribution in [1.82, 2.24) is 10.6 Å². The quantitative estimate of drug-likeness (QED) is 0.679. The van der Waals surface area contributed by atoms with E-state index < -0.39 is 5.41 Å². The summed E-state index contributed by atoms with van der Waals surface area (Å²) < 4.78 is 0. The fraction of sp³-hybridized carbons (Fsp3) is 0.600. The summed E-state index contributed by atoms with van der Waals surface area (Å²) in [5.74, 6) is -0.0827. The van der Waals surface area contributed by atoms with Gasteiger partial charge >= 0.3 is 0 Å². The Morgan fingerprint density at radius 3 is 2.38 bits per heavy atom. The number of halogens is 1. The maximum atomic E-state index is 13.0. The van der Waals surface area contributed by atoms with Crippen molar-refractivity contribution in [3.05, 3.63) is 29.3 Å². The highest BCUT2D eigenvalue weighted by Crippen LogP contribution is 2.38. The normalized spacial score (nSPS) is 16.5. The second-order valence-corrected chi connectivity index (χ2v) is 7.42. The van der Waals surface area contributed by atoms with Crippen molar-refractivity contribution in [2.75, 3.05) is 25.5 Å². The van der Waals surface area contributed by atoms with Gasteiger partial charge in [-0.15, -0.1) is 12.4 Å². The average molecular weight is 382 g/mol. The van der Waals surface area contributed by atoms with Crippen molar-refractivity contribution in [3.63, 3.8) is 0 Å². The SMILES string of the molecule is CNCC(C)C(=O)NCC1(C(=O)Nc2ccc(C)c(C)c2)CCCC1.Cl. The molecule has 5 nitrogen and oxygen atoms in total. The molecule has 1 atom stereocenters. The highest BCUT2D eigenvalue weighted by Gasteiger charge is 2.41. The first-order chi connectivity index (χ1) is 11.9. The van der Waals surface area contributed by atoms with Gasteiger partial charge in [0.25, 0.3) is 0 Å². The molecule has 0 aromatic heterocycles. The third kappa shape index (κ3) is 5.45.